The number of fused-ring (bicyclic) bond motifs is 1. The number of aryl methyl sites for hydroxylation is 1. The van der Waals surface area contributed by atoms with Crippen LogP contribution >= 0.6 is 0 Å². The zero-order valence-electron chi connectivity index (χ0n) is 12.2. The Labute approximate surface area is 123 Å². The van der Waals surface area contributed by atoms with E-state index in [4.69, 9.17) is 4.74 Å². The molecule has 2 atom stereocenters. The Morgan fingerprint density at radius 1 is 1.29 bits per heavy atom. The van der Waals surface area contributed by atoms with Crippen molar-refractivity contribution in [2.75, 3.05) is 20.3 Å². The molecular formula is C16H22F3NO. The lowest BCUT2D eigenvalue weighted by molar-refractivity contribution is -0.174. The van der Waals surface area contributed by atoms with Gasteiger partial charge in [0.1, 0.15) is 6.61 Å². The molecule has 0 saturated heterocycles. The average Bonchev–Trinajstić information content (AvgIpc) is 2.61. The lowest BCUT2D eigenvalue weighted by atomic mass is 9.88. The number of hydrogen-bond donors (Lipinski definition) is 1. The van der Waals surface area contributed by atoms with E-state index in [1.807, 2.05) is 19.2 Å². The molecule has 0 fully saturated rings. The van der Waals surface area contributed by atoms with E-state index in [0.717, 1.165) is 19.3 Å². The quantitative estimate of drug-likeness (QED) is 0.658. The Bertz CT molecular complexity index is 447. The molecule has 1 aromatic carbocycles. The lowest BCUT2D eigenvalue weighted by Crippen LogP contribution is -2.26. The van der Waals surface area contributed by atoms with E-state index in [2.05, 4.69) is 17.4 Å². The van der Waals surface area contributed by atoms with E-state index in [1.54, 1.807) is 0 Å². The van der Waals surface area contributed by atoms with Crippen molar-refractivity contribution >= 4 is 0 Å². The second-order valence-corrected chi connectivity index (χ2v) is 5.57. The van der Waals surface area contributed by atoms with Gasteiger partial charge in [0, 0.05) is 12.6 Å². The summed E-state index contributed by atoms with van der Waals surface area (Å²) in [6, 6.07) is 8.51. The third kappa shape index (κ3) is 4.71. The monoisotopic (exact) mass is 301 g/mol. The highest BCUT2D eigenvalue weighted by molar-refractivity contribution is 5.31. The standard InChI is InChI=1S/C16H22F3NO/c1-20-15-13(9-10-21-11-16(17,18)19)7-4-6-12-5-2-3-8-14(12)15/h2-3,5,8,13,15,20H,4,6-7,9-11H2,1H3. The molecule has 1 aliphatic rings. The Balaban J connectivity index is 1.96. The highest BCUT2D eigenvalue weighted by atomic mass is 19.4. The number of alkyl halides is 3. The van der Waals surface area contributed by atoms with Crippen molar-refractivity contribution in [3.63, 3.8) is 0 Å². The molecule has 0 radical (unpaired) electrons. The number of rotatable bonds is 5. The van der Waals surface area contributed by atoms with Gasteiger partial charge in [-0.3, -0.25) is 0 Å². The first-order chi connectivity index (χ1) is 10.0. The second-order valence-electron chi connectivity index (χ2n) is 5.57. The number of halogens is 3. The zero-order chi connectivity index (χ0) is 15.3. The van der Waals surface area contributed by atoms with Crippen LogP contribution in [0.15, 0.2) is 24.3 Å². The van der Waals surface area contributed by atoms with Gasteiger partial charge < -0.3 is 10.1 Å². The fourth-order valence-electron chi connectivity index (χ4n) is 3.17. The van der Waals surface area contributed by atoms with E-state index in [9.17, 15) is 13.2 Å². The molecule has 5 heteroatoms. The summed E-state index contributed by atoms with van der Waals surface area (Å²) < 4.78 is 41.0. The molecule has 21 heavy (non-hydrogen) atoms. The second kappa shape index (κ2) is 7.27. The largest absolute Gasteiger partial charge is 0.411 e. The summed E-state index contributed by atoms with van der Waals surface area (Å²) in [6.07, 6.45) is -0.475. The summed E-state index contributed by atoms with van der Waals surface area (Å²) in [4.78, 5) is 0. The summed E-state index contributed by atoms with van der Waals surface area (Å²) in [5.41, 5.74) is 2.62. The number of hydrogen-bond acceptors (Lipinski definition) is 2. The van der Waals surface area contributed by atoms with Crippen LogP contribution in [0.1, 0.15) is 36.4 Å². The molecule has 0 spiro atoms. The number of ether oxygens (including phenoxy) is 1. The normalized spacial score (nSPS) is 22.7. The van der Waals surface area contributed by atoms with Crippen LogP contribution in [0.4, 0.5) is 13.2 Å². The molecule has 1 aliphatic carbocycles. The van der Waals surface area contributed by atoms with E-state index >= 15 is 0 Å². The third-order valence-electron chi connectivity index (χ3n) is 4.09. The Hall–Kier alpha value is -1.07. The Morgan fingerprint density at radius 2 is 2.05 bits per heavy atom. The zero-order valence-corrected chi connectivity index (χ0v) is 12.2. The maximum Gasteiger partial charge on any atom is 0.411 e. The molecule has 118 valence electrons. The van der Waals surface area contributed by atoms with Crippen LogP contribution in [0.5, 0.6) is 0 Å². The van der Waals surface area contributed by atoms with Crippen LogP contribution in [-0.2, 0) is 11.2 Å². The third-order valence-corrected chi connectivity index (χ3v) is 4.09. The van der Waals surface area contributed by atoms with Gasteiger partial charge in [-0.1, -0.05) is 24.3 Å². The fourth-order valence-corrected chi connectivity index (χ4v) is 3.17. The maximum absolute atomic E-state index is 12.1. The molecular weight excluding hydrogens is 279 g/mol. The average molecular weight is 301 g/mol. The number of nitrogens with one attached hydrogen (secondary N) is 1. The van der Waals surface area contributed by atoms with Crippen LogP contribution in [0, 0.1) is 5.92 Å². The minimum atomic E-state index is -4.24. The molecule has 0 aromatic heterocycles. The number of benzene rings is 1. The molecule has 2 nitrogen and oxygen atoms in total. The molecule has 0 amide bonds. The first kappa shape index (κ1) is 16.3. The molecule has 0 heterocycles. The first-order valence-electron chi connectivity index (χ1n) is 7.41. The van der Waals surface area contributed by atoms with Gasteiger partial charge in [-0.05, 0) is 49.8 Å². The van der Waals surface area contributed by atoms with Gasteiger partial charge in [0.25, 0.3) is 0 Å². The summed E-state index contributed by atoms with van der Waals surface area (Å²) in [6.45, 7) is -0.995. The van der Waals surface area contributed by atoms with E-state index in [1.165, 1.54) is 11.1 Å². The molecule has 2 unspecified atom stereocenters. The van der Waals surface area contributed by atoms with Crippen LogP contribution in [-0.4, -0.2) is 26.4 Å². The minimum absolute atomic E-state index is 0.157. The van der Waals surface area contributed by atoms with Gasteiger partial charge in [-0.15, -0.1) is 0 Å². The first-order valence-corrected chi connectivity index (χ1v) is 7.41. The molecule has 0 saturated carbocycles. The molecule has 1 aromatic rings. The molecule has 0 bridgehead atoms. The summed E-state index contributed by atoms with van der Waals surface area (Å²) in [5.74, 6) is 0.312. The van der Waals surface area contributed by atoms with Gasteiger partial charge in [0.05, 0.1) is 0 Å². The van der Waals surface area contributed by atoms with E-state index < -0.39 is 12.8 Å². The topological polar surface area (TPSA) is 21.3 Å². The fraction of sp³-hybridized carbons (Fsp3) is 0.625. The van der Waals surface area contributed by atoms with Crippen molar-refractivity contribution in [1.29, 1.82) is 0 Å². The SMILES string of the molecule is CNC1c2ccccc2CCCC1CCOCC(F)(F)F. The summed E-state index contributed by atoms with van der Waals surface area (Å²) >= 11 is 0. The summed E-state index contributed by atoms with van der Waals surface area (Å²) in [5, 5.41) is 3.33. The van der Waals surface area contributed by atoms with Crippen molar-refractivity contribution in [3.8, 4) is 0 Å². The van der Waals surface area contributed by atoms with Crippen LogP contribution in [0.25, 0.3) is 0 Å². The predicted molar refractivity (Wildman–Crippen MR) is 76.2 cm³/mol. The lowest BCUT2D eigenvalue weighted by Gasteiger charge is -2.26. The molecule has 2 rings (SSSR count). The van der Waals surface area contributed by atoms with Crippen molar-refractivity contribution in [2.24, 2.45) is 5.92 Å². The van der Waals surface area contributed by atoms with Crippen LogP contribution in [0.2, 0.25) is 0 Å². The van der Waals surface area contributed by atoms with Crippen LogP contribution in [0.3, 0.4) is 0 Å². The van der Waals surface area contributed by atoms with Crippen molar-refractivity contribution < 1.29 is 17.9 Å². The van der Waals surface area contributed by atoms with Crippen molar-refractivity contribution in [1.82, 2.24) is 5.32 Å². The van der Waals surface area contributed by atoms with E-state index in [0.29, 0.717) is 12.3 Å². The minimum Gasteiger partial charge on any atom is -0.372 e. The van der Waals surface area contributed by atoms with E-state index in [-0.39, 0.29) is 12.6 Å². The highest BCUT2D eigenvalue weighted by Gasteiger charge is 2.29. The van der Waals surface area contributed by atoms with Crippen molar-refractivity contribution in [2.45, 2.75) is 37.9 Å². The van der Waals surface area contributed by atoms with Gasteiger partial charge in [0.2, 0.25) is 0 Å². The Kier molecular flexibility index (Phi) is 5.65. The smallest absolute Gasteiger partial charge is 0.372 e. The maximum atomic E-state index is 12.1. The van der Waals surface area contributed by atoms with Crippen LogP contribution < -0.4 is 5.32 Å². The molecule has 1 N–H and O–H groups in total. The van der Waals surface area contributed by atoms with Gasteiger partial charge in [-0.2, -0.15) is 13.2 Å². The Morgan fingerprint density at radius 3 is 2.76 bits per heavy atom. The van der Waals surface area contributed by atoms with Crippen molar-refractivity contribution in [3.05, 3.63) is 35.4 Å². The highest BCUT2D eigenvalue weighted by Crippen LogP contribution is 2.34. The van der Waals surface area contributed by atoms with Gasteiger partial charge >= 0.3 is 6.18 Å². The van der Waals surface area contributed by atoms with Gasteiger partial charge in [0.15, 0.2) is 0 Å². The predicted octanol–water partition coefficient (Wildman–Crippen LogP) is 3.87. The summed E-state index contributed by atoms with van der Waals surface area (Å²) in [7, 11) is 1.91. The molecule has 0 aliphatic heterocycles. The van der Waals surface area contributed by atoms with Gasteiger partial charge in [-0.25, -0.2) is 0 Å².